The summed E-state index contributed by atoms with van der Waals surface area (Å²) in [5.74, 6) is 0.749. The van der Waals surface area contributed by atoms with Crippen LogP contribution in [-0.2, 0) is 6.54 Å². The lowest BCUT2D eigenvalue weighted by Crippen LogP contribution is -1.99. The summed E-state index contributed by atoms with van der Waals surface area (Å²) in [6, 6.07) is 5.21. The Hall–Kier alpha value is -1.85. The van der Waals surface area contributed by atoms with Crippen molar-refractivity contribution in [3.05, 3.63) is 52.1 Å². The van der Waals surface area contributed by atoms with Crippen LogP contribution in [0.2, 0.25) is 10.0 Å². The minimum Gasteiger partial charge on any atom is -0.419 e. The molecule has 102 valence electrons. The first-order chi connectivity index (χ1) is 9.63. The topological polar surface area (TPSA) is 56.7 Å². The van der Waals surface area contributed by atoms with Gasteiger partial charge in [0.15, 0.2) is 0 Å². The molecule has 0 aliphatic rings. The maximum Gasteiger partial charge on any atom is 0.250 e. The van der Waals surface area contributed by atoms with Gasteiger partial charge in [-0.15, -0.1) is 10.2 Å². The molecule has 3 rings (SSSR count). The van der Waals surface area contributed by atoms with E-state index in [0.29, 0.717) is 33.9 Å². The van der Waals surface area contributed by atoms with Crippen molar-refractivity contribution in [3.63, 3.8) is 0 Å². The average Bonchev–Trinajstić information content (AvgIpc) is 3.00. The molecule has 0 unspecified atom stereocenters. The Morgan fingerprint density at radius 1 is 1.20 bits per heavy atom. The summed E-state index contributed by atoms with van der Waals surface area (Å²) >= 11 is 12.2. The minimum atomic E-state index is 0.305. The maximum absolute atomic E-state index is 6.11. The van der Waals surface area contributed by atoms with Gasteiger partial charge in [0.1, 0.15) is 6.54 Å². The molecule has 2 heterocycles. The largest absolute Gasteiger partial charge is 0.419 e. The van der Waals surface area contributed by atoms with Crippen LogP contribution in [0.5, 0.6) is 0 Å². The molecule has 20 heavy (non-hydrogen) atoms. The van der Waals surface area contributed by atoms with Crippen LogP contribution >= 0.6 is 23.2 Å². The van der Waals surface area contributed by atoms with Gasteiger partial charge >= 0.3 is 0 Å². The Labute approximate surface area is 125 Å². The van der Waals surface area contributed by atoms with E-state index >= 15 is 0 Å². The lowest BCUT2D eigenvalue weighted by molar-refractivity contribution is 0.474. The third-order valence-electron chi connectivity index (χ3n) is 2.70. The molecule has 0 aliphatic carbocycles. The van der Waals surface area contributed by atoms with Gasteiger partial charge in [0, 0.05) is 6.20 Å². The molecule has 5 nitrogen and oxygen atoms in total. The molecular formula is C13H10Cl2N4O. The number of hydrogen-bond donors (Lipinski definition) is 0. The van der Waals surface area contributed by atoms with Crippen LogP contribution in [0.3, 0.4) is 0 Å². The summed E-state index contributed by atoms with van der Waals surface area (Å²) < 4.78 is 7.32. The molecule has 0 amide bonds. The van der Waals surface area contributed by atoms with Crippen LogP contribution in [0, 0.1) is 6.92 Å². The van der Waals surface area contributed by atoms with Crippen LogP contribution in [-0.4, -0.2) is 20.0 Å². The summed E-state index contributed by atoms with van der Waals surface area (Å²) in [6.07, 6.45) is 3.66. The lowest BCUT2D eigenvalue weighted by Gasteiger charge is -2.01. The third kappa shape index (κ3) is 2.55. The van der Waals surface area contributed by atoms with Crippen LogP contribution in [0.25, 0.3) is 11.5 Å². The van der Waals surface area contributed by atoms with Gasteiger partial charge in [0.2, 0.25) is 5.89 Å². The molecule has 1 aromatic carbocycles. The Balaban J connectivity index is 1.90. The van der Waals surface area contributed by atoms with E-state index in [9.17, 15) is 0 Å². The van der Waals surface area contributed by atoms with Crippen molar-refractivity contribution >= 4 is 23.2 Å². The summed E-state index contributed by atoms with van der Waals surface area (Å²) in [7, 11) is 0. The highest BCUT2D eigenvalue weighted by Crippen LogP contribution is 2.33. The van der Waals surface area contributed by atoms with E-state index in [0.717, 1.165) is 5.56 Å². The van der Waals surface area contributed by atoms with Gasteiger partial charge < -0.3 is 4.42 Å². The van der Waals surface area contributed by atoms with Gasteiger partial charge in [-0.3, -0.25) is 4.68 Å². The van der Waals surface area contributed by atoms with E-state index in [4.69, 9.17) is 27.6 Å². The Bertz CT molecular complexity index is 730. The Morgan fingerprint density at radius 3 is 2.60 bits per heavy atom. The first-order valence-electron chi connectivity index (χ1n) is 5.89. The predicted molar refractivity (Wildman–Crippen MR) is 75.8 cm³/mol. The molecule has 0 fully saturated rings. The minimum absolute atomic E-state index is 0.305. The van der Waals surface area contributed by atoms with E-state index in [1.807, 2.05) is 13.1 Å². The molecule has 3 aromatic rings. The Morgan fingerprint density at radius 2 is 1.95 bits per heavy atom. The van der Waals surface area contributed by atoms with Crippen LogP contribution in [0.1, 0.15) is 11.5 Å². The number of aryl methyl sites for hydroxylation is 1. The highest BCUT2D eigenvalue weighted by atomic mass is 35.5. The van der Waals surface area contributed by atoms with Gasteiger partial charge in [-0.1, -0.05) is 29.3 Å². The summed E-state index contributed by atoms with van der Waals surface area (Å²) in [5, 5.41) is 13.1. The monoisotopic (exact) mass is 308 g/mol. The van der Waals surface area contributed by atoms with Gasteiger partial charge in [0.25, 0.3) is 5.89 Å². The van der Waals surface area contributed by atoms with Crippen molar-refractivity contribution in [2.24, 2.45) is 0 Å². The standard InChI is InChI=1S/C13H10Cl2N4O/c1-8-5-16-19(6-8)7-11-17-18-13(20-11)12-9(14)3-2-4-10(12)15/h2-6H,7H2,1H3. The van der Waals surface area contributed by atoms with E-state index in [1.54, 1.807) is 29.1 Å². The van der Waals surface area contributed by atoms with E-state index < -0.39 is 0 Å². The van der Waals surface area contributed by atoms with Crippen LogP contribution < -0.4 is 0 Å². The second-order valence-corrected chi connectivity index (χ2v) is 5.13. The summed E-state index contributed by atoms with van der Waals surface area (Å²) in [4.78, 5) is 0. The number of rotatable bonds is 3. The second-order valence-electron chi connectivity index (χ2n) is 4.31. The highest BCUT2D eigenvalue weighted by molar-refractivity contribution is 6.38. The van der Waals surface area contributed by atoms with Gasteiger partial charge in [-0.05, 0) is 24.6 Å². The average molecular weight is 309 g/mol. The zero-order valence-corrected chi connectivity index (χ0v) is 12.1. The molecule has 0 spiro atoms. The van der Waals surface area contributed by atoms with Crippen molar-refractivity contribution in [1.29, 1.82) is 0 Å². The van der Waals surface area contributed by atoms with Crippen molar-refractivity contribution < 1.29 is 4.42 Å². The molecule has 0 saturated heterocycles. The van der Waals surface area contributed by atoms with Crippen molar-refractivity contribution in [1.82, 2.24) is 20.0 Å². The molecule has 0 aliphatic heterocycles. The highest BCUT2D eigenvalue weighted by Gasteiger charge is 2.15. The van der Waals surface area contributed by atoms with Crippen LogP contribution in [0.4, 0.5) is 0 Å². The number of benzene rings is 1. The number of hydrogen-bond acceptors (Lipinski definition) is 4. The first-order valence-corrected chi connectivity index (χ1v) is 6.65. The van der Waals surface area contributed by atoms with Crippen molar-refractivity contribution in [2.45, 2.75) is 13.5 Å². The second kappa shape index (κ2) is 5.26. The third-order valence-corrected chi connectivity index (χ3v) is 3.33. The fourth-order valence-electron chi connectivity index (χ4n) is 1.81. The van der Waals surface area contributed by atoms with Crippen molar-refractivity contribution in [3.8, 4) is 11.5 Å². The van der Waals surface area contributed by atoms with E-state index in [2.05, 4.69) is 15.3 Å². The van der Waals surface area contributed by atoms with Gasteiger partial charge in [0.05, 0.1) is 21.8 Å². The lowest BCUT2D eigenvalue weighted by atomic mass is 10.2. The van der Waals surface area contributed by atoms with Gasteiger partial charge in [-0.2, -0.15) is 5.10 Å². The SMILES string of the molecule is Cc1cnn(Cc2nnc(-c3c(Cl)cccc3Cl)o2)c1. The molecule has 0 bridgehead atoms. The fourth-order valence-corrected chi connectivity index (χ4v) is 2.37. The van der Waals surface area contributed by atoms with E-state index in [1.165, 1.54) is 0 Å². The quantitative estimate of drug-likeness (QED) is 0.742. The van der Waals surface area contributed by atoms with Crippen molar-refractivity contribution in [2.75, 3.05) is 0 Å². The van der Waals surface area contributed by atoms with E-state index in [-0.39, 0.29) is 0 Å². The van der Waals surface area contributed by atoms with Gasteiger partial charge in [-0.25, -0.2) is 0 Å². The summed E-state index contributed by atoms with van der Waals surface area (Å²) in [6.45, 7) is 2.37. The Kier molecular flexibility index (Phi) is 3.46. The number of nitrogens with zero attached hydrogens (tertiary/aromatic N) is 4. The maximum atomic E-state index is 6.11. The number of aromatic nitrogens is 4. The summed E-state index contributed by atoms with van der Waals surface area (Å²) in [5.41, 5.74) is 1.62. The molecule has 0 saturated carbocycles. The zero-order valence-electron chi connectivity index (χ0n) is 10.5. The molecule has 0 atom stereocenters. The van der Waals surface area contributed by atoms with Crippen LogP contribution in [0.15, 0.2) is 35.0 Å². The molecule has 7 heteroatoms. The first kappa shape index (κ1) is 13.1. The predicted octanol–water partition coefficient (Wildman–Crippen LogP) is 3.60. The number of halogens is 2. The molecule has 2 aromatic heterocycles. The fraction of sp³-hybridized carbons (Fsp3) is 0.154. The molecule has 0 N–H and O–H groups in total. The normalized spacial score (nSPS) is 10.9. The smallest absolute Gasteiger partial charge is 0.250 e. The molecule has 0 radical (unpaired) electrons. The zero-order chi connectivity index (χ0) is 14.1. The molecular weight excluding hydrogens is 299 g/mol.